The van der Waals surface area contributed by atoms with Gasteiger partial charge in [0.1, 0.15) is 14.1 Å². The van der Waals surface area contributed by atoms with Crippen molar-refractivity contribution in [2.24, 2.45) is 14.1 Å². The first-order valence-corrected chi connectivity index (χ1v) is 13.0. The summed E-state index contributed by atoms with van der Waals surface area (Å²) < 4.78 is 6.92. The molecule has 0 saturated carbocycles. The third-order valence-electron chi connectivity index (χ3n) is 7.78. The summed E-state index contributed by atoms with van der Waals surface area (Å²) in [5.74, 6) is 0. The fourth-order valence-corrected chi connectivity index (χ4v) is 5.72. The zero-order valence-electron chi connectivity index (χ0n) is 23.9. The van der Waals surface area contributed by atoms with E-state index in [2.05, 4.69) is 132 Å². The van der Waals surface area contributed by atoms with Gasteiger partial charge in [0.25, 0.3) is 0 Å². The van der Waals surface area contributed by atoms with E-state index in [0.717, 1.165) is 12.8 Å². The Kier molecular flexibility index (Phi) is 7.13. The van der Waals surface area contributed by atoms with Crippen LogP contribution in [0, 0.1) is 55.4 Å². The van der Waals surface area contributed by atoms with Crippen LogP contribution in [0.1, 0.15) is 67.5 Å². The number of hydrogen-bond donors (Lipinski definition) is 0. The normalized spacial score (nSPS) is 11.3. The van der Waals surface area contributed by atoms with Gasteiger partial charge in [-0.3, -0.25) is 0 Å². The summed E-state index contributed by atoms with van der Waals surface area (Å²) in [4.78, 5) is 0. The van der Waals surface area contributed by atoms with E-state index >= 15 is 0 Å². The lowest BCUT2D eigenvalue weighted by Gasteiger charge is -2.13. The number of benzene rings is 1. The minimum atomic E-state index is 0.954. The molecule has 3 aromatic heterocycles. The molecule has 0 saturated heterocycles. The standard InChI is InChI=1S/C33H42N3/c1-21-11-29(19-30-13-23(3)34(9)24(4)14-30)12-22(2)33(21)36-27(7)17-32(18-28(36)8)20-31-15-25(5)35(10)26(6)16-31/h11-18H,19-20H2,1-10H3/q+3. The van der Waals surface area contributed by atoms with E-state index < -0.39 is 0 Å². The van der Waals surface area contributed by atoms with Crippen LogP contribution in [-0.2, 0) is 26.9 Å². The highest BCUT2D eigenvalue weighted by Crippen LogP contribution is 2.22. The van der Waals surface area contributed by atoms with Gasteiger partial charge in [0.15, 0.2) is 34.2 Å². The van der Waals surface area contributed by atoms with E-state index in [1.807, 2.05) is 0 Å². The van der Waals surface area contributed by atoms with Crippen LogP contribution in [0.2, 0.25) is 0 Å². The van der Waals surface area contributed by atoms with Crippen molar-refractivity contribution >= 4 is 0 Å². The second-order valence-corrected chi connectivity index (χ2v) is 10.8. The van der Waals surface area contributed by atoms with Crippen molar-refractivity contribution in [1.29, 1.82) is 0 Å². The summed E-state index contributed by atoms with van der Waals surface area (Å²) >= 11 is 0. The van der Waals surface area contributed by atoms with Crippen molar-refractivity contribution < 1.29 is 13.7 Å². The molecule has 0 N–H and O–H groups in total. The first-order chi connectivity index (χ1) is 16.9. The Bertz CT molecular complexity index is 1270. The van der Waals surface area contributed by atoms with Crippen LogP contribution >= 0.6 is 0 Å². The van der Waals surface area contributed by atoms with Gasteiger partial charge in [-0.05, 0) is 61.1 Å². The van der Waals surface area contributed by atoms with Crippen LogP contribution in [0.15, 0.2) is 48.5 Å². The molecular weight excluding hydrogens is 438 g/mol. The highest BCUT2D eigenvalue weighted by Gasteiger charge is 2.22. The molecule has 0 fully saturated rings. The topological polar surface area (TPSA) is 11.6 Å². The van der Waals surface area contributed by atoms with Gasteiger partial charge in [-0.15, -0.1) is 0 Å². The number of aryl methyl sites for hydroxylation is 8. The summed E-state index contributed by atoms with van der Waals surface area (Å²) in [5.41, 5.74) is 17.2. The van der Waals surface area contributed by atoms with Gasteiger partial charge in [-0.25, -0.2) is 9.13 Å². The summed E-state index contributed by atoms with van der Waals surface area (Å²) in [6, 6.07) is 18.7. The number of aromatic nitrogens is 3. The molecule has 3 nitrogen and oxygen atoms in total. The fraction of sp³-hybridized carbons (Fsp3) is 0.364. The minimum Gasteiger partial charge on any atom is -0.203 e. The van der Waals surface area contributed by atoms with Crippen molar-refractivity contribution in [2.45, 2.75) is 68.2 Å². The molecule has 0 bridgehead atoms. The summed E-state index contributed by atoms with van der Waals surface area (Å²) in [7, 11) is 4.26. The molecule has 1 aromatic carbocycles. The zero-order chi connectivity index (χ0) is 26.3. The molecular formula is C33H42N3+3. The minimum absolute atomic E-state index is 0.954. The van der Waals surface area contributed by atoms with E-state index in [4.69, 9.17) is 0 Å². The van der Waals surface area contributed by atoms with Gasteiger partial charge in [0.05, 0.1) is 0 Å². The molecule has 0 aliphatic carbocycles. The Labute approximate surface area is 217 Å². The molecule has 0 amide bonds. The molecule has 0 radical (unpaired) electrons. The molecule has 4 rings (SSSR count). The van der Waals surface area contributed by atoms with Crippen LogP contribution in [-0.4, -0.2) is 0 Å². The van der Waals surface area contributed by atoms with Gasteiger partial charge in [-0.1, -0.05) is 0 Å². The quantitative estimate of drug-likeness (QED) is 0.345. The average Bonchev–Trinajstić information content (AvgIpc) is 2.77. The smallest absolute Gasteiger partial charge is 0.203 e. The maximum absolute atomic E-state index is 2.43. The second kappa shape index (κ2) is 9.97. The summed E-state index contributed by atoms with van der Waals surface area (Å²) in [5, 5.41) is 0. The summed E-state index contributed by atoms with van der Waals surface area (Å²) in [6.45, 7) is 17.7. The maximum atomic E-state index is 2.43. The van der Waals surface area contributed by atoms with Crippen LogP contribution in [0.4, 0.5) is 0 Å². The van der Waals surface area contributed by atoms with Crippen molar-refractivity contribution in [3.05, 3.63) is 116 Å². The van der Waals surface area contributed by atoms with E-state index in [0.29, 0.717) is 0 Å². The highest BCUT2D eigenvalue weighted by molar-refractivity contribution is 5.45. The first kappa shape index (κ1) is 25.8. The van der Waals surface area contributed by atoms with Gasteiger partial charge < -0.3 is 0 Å². The monoisotopic (exact) mass is 480 g/mol. The predicted octanol–water partition coefficient (Wildman–Crippen LogP) is 5.26. The molecule has 3 heteroatoms. The van der Waals surface area contributed by atoms with Crippen molar-refractivity contribution in [1.82, 2.24) is 0 Å². The molecule has 0 unspecified atom stereocenters. The predicted molar refractivity (Wildman–Crippen MR) is 147 cm³/mol. The van der Waals surface area contributed by atoms with Crippen LogP contribution in [0.5, 0.6) is 0 Å². The Morgan fingerprint density at radius 2 is 0.694 bits per heavy atom. The molecule has 0 aliphatic rings. The maximum Gasteiger partial charge on any atom is 0.216 e. The third kappa shape index (κ3) is 5.11. The highest BCUT2D eigenvalue weighted by atomic mass is 15.0. The molecule has 0 aliphatic heterocycles. The molecule has 36 heavy (non-hydrogen) atoms. The number of nitrogens with zero attached hydrogens (tertiary/aromatic N) is 3. The molecule has 0 spiro atoms. The molecule has 4 aromatic rings. The SMILES string of the molecule is Cc1cc(Cc2cc(C)[n+](C)c(C)c2)cc(C)c1-[n+]1c(C)cc(Cc2cc(C)[n+](C)c(C)c2)cc1C. The lowest BCUT2D eigenvalue weighted by molar-refractivity contribution is -0.684. The average molecular weight is 481 g/mol. The van der Waals surface area contributed by atoms with Gasteiger partial charge in [0, 0.05) is 89.1 Å². The van der Waals surface area contributed by atoms with Gasteiger partial charge in [0.2, 0.25) is 5.69 Å². The van der Waals surface area contributed by atoms with E-state index in [-0.39, 0.29) is 0 Å². The third-order valence-corrected chi connectivity index (χ3v) is 7.78. The van der Waals surface area contributed by atoms with E-state index in [1.165, 1.54) is 73.2 Å². The molecule has 0 atom stereocenters. The van der Waals surface area contributed by atoms with Crippen molar-refractivity contribution in [3.8, 4) is 5.69 Å². The van der Waals surface area contributed by atoms with Gasteiger partial charge in [-0.2, -0.15) is 4.57 Å². The Balaban J connectivity index is 1.66. The Morgan fingerprint density at radius 1 is 0.417 bits per heavy atom. The fourth-order valence-electron chi connectivity index (χ4n) is 5.72. The Morgan fingerprint density at radius 3 is 1.03 bits per heavy atom. The lowest BCUT2D eigenvalue weighted by Crippen LogP contribution is -2.39. The van der Waals surface area contributed by atoms with Crippen LogP contribution in [0.25, 0.3) is 5.69 Å². The molecule has 186 valence electrons. The van der Waals surface area contributed by atoms with E-state index in [9.17, 15) is 0 Å². The Hall–Kier alpha value is -3.33. The second-order valence-electron chi connectivity index (χ2n) is 10.8. The van der Waals surface area contributed by atoms with E-state index in [1.54, 1.807) is 0 Å². The van der Waals surface area contributed by atoms with Crippen molar-refractivity contribution in [2.75, 3.05) is 0 Å². The lowest BCUT2D eigenvalue weighted by atomic mass is 9.97. The largest absolute Gasteiger partial charge is 0.216 e. The zero-order valence-corrected chi connectivity index (χ0v) is 23.9. The number of rotatable bonds is 5. The number of hydrogen-bond acceptors (Lipinski definition) is 0. The molecule has 3 heterocycles. The summed E-state index contributed by atoms with van der Waals surface area (Å²) in [6.07, 6.45) is 1.91. The van der Waals surface area contributed by atoms with Crippen molar-refractivity contribution in [3.63, 3.8) is 0 Å². The van der Waals surface area contributed by atoms with Gasteiger partial charge >= 0.3 is 0 Å². The van der Waals surface area contributed by atoms with Crippen LogP contribution < -0.4 is 13.7 Å². The first-order valence-electron chi connectivity index (χ1n) is 13.0. The van der Waals surface area contributed by atoms with Crippen LogP contribution in [0.3, 0.4) is 0 Å². The number of pyridine rings is 3.